The van der Waals surface area contributed by atoms with E-state index in [1.54, 1.807) is 11.0 Å². The molecule has 0 N–H and O–H groups in total. The number of carbonyl (C=O) groups excluding carboxylic acids is 1. The van der Waals surface area contributed by atoms with E-state index in [1.165, 1.54) is 11.3 Å². The molecular weight excluding hydrogens is 452 g/mol. The molecule has 3 aromatic carbocycles. The van der Waals surface area contributed by atoms with E-state index in [4.69, 9.17) is 21.3 Å². The van der Waals surface area contributed by atoms with E-state index in [0.717, 1.165) is 23.2 Å². The normalized spacial score (nSPS) is 11.7. The summed E-state index contributed by atoms with van der Waals surface area (Å²) >= 11 is 7.48. The van der Waals surface area contributed by atoms with Gasteiger partial charge in [-0.1, -0.05) is 67.1 Å². The van der Waals surface area contributed by atoms with Crippen LogP contribution in [0, 0.1) is 0 Å². The van der Waals surface area contributed by atoms with Gasteiger partial charge in [-0.3, -0.25) is 9.69 Å². The van der Waals surface area contributed by atoms with Gasteiger partial charge in [0.1, 0.15) is 12.4 Å². The van der Waals surface area contributed by atoms with Crippen molar-refractivity contribution in [3.8, 4) is 17.0 Å². The largest absolute Gasteiger partial charge is 0.489 e. The first-order valence-corrected chi connectivity index (χ1v) is 12.1. The highest BCUT2D eigenvalue weighted by molar-refractivity contribution is 7.14. The molecule has 33 heavy (non-hydrogen) atoms. The Kier molecular flexibility index (Phi) is 7.43. The van der Waals surface area contributed by atoms with Gasteiger partial charge in [0.05, 0.1) is 5.69 Å². The lowest BCUT2D eigenvalue weighted by Crippen LogP contribution is -2.38. The molecule has 4 nitrogen and oxygen atoms in total. The first kappa shape index (κ1) is 23.0. The fraction of sp³-hybridized carbons (Fsp3) is 0.185. The summed E-state index contributed by atoms with van der Waals surface area (Å²) in [4.78, 5) is 20.1. The highest BCUT2D eigenvalue weighted by Gasteiger charge is 2.25. The smallest absolute Gasteiger partial charge is 0.260 e. The van der Waals surface area contributed by atoms with Crippen LogP contribution in [0.25, 0.3) is 11.3 Å². The summed E-state index contributed by atoms with van der Waals surface area (Å²) in [6.07, 6.45) is 0.811. The molecule has 0 fully saturated rings. The van der Waals surface area contributed by atoms with E-state index in [-0.39, 0.29) is 11.9 Å². The number of amides is 1. The Morgan fingerprint density at radius 3 is 2.55 bits per heavy atom. The maximum Gasteiger partial charge on any atom is 0.260 e. The average Bonchev–Trinajstić information content (AvgIpc) is 3.33. The SMILES string of the molecule is CC[C@H](C)N(C(=O)c1cccc(OCc2ccccc2)c1)c1nc(-c2ccc(Cl)cc2)cs1. The van der Waals surface area contributed by atoms with Crippen LogP contribution in [0.4, 0.5) is 5.13 Å². The van der Waals surface area contributed by atoms with Crippen LogP contribution < -0.4 is 9.64 Å². The molecule has 0 aliphatic heterocycles. The van der Waals surface area contributed by atoms with Crippen molar-refractivity contribution in [3.05, 3.63) is 100 Å². The lowest BCUT2D eigenvalue weighted by Gasteiger charge is -2.26. The molecule has 1 amide bonds. The number of benzene rings is 3. The van der Waals surface area contributed by atoms with Crippen LogP contribution in [-0.4, -0.2) is 16.9 Å². The number of halogens is 1. The molecule has 1 heterocycles. The van der Waals surface area contributed by atoms with Crippen molar-refractivity contribution < 1.29 is 9.53 Å². The van der Waals surface area contributed by atoms with Gasteiger partial charge in [0.25, 0.3) is 5.91 Å². The summed E-state index contributed by atoms with van der Waals surface area (Å²) in [5.41, 5.74) is 3.44. The number of hydrogen-bond donors (Lipinski definition) is 0. The molecule has 0 saturated carbocycles. The number of thiazole rings is 1. The average molecular weight is 477 g/mol. The highest BCUT2D eigenvalue weighted by atomic mass is 35.5. The minimum atomic E-state index is -0.0912. The van der Waals surface area contributed by atoms with E-state index >= 15 is 0 Å². The van der Waals surface area contributed by atoms with Gasteiger partial charge in [-0.15, -0.1) is 11.3 Å². The summed E-state index contributed by atoms with van der Waals surface area (Å²) in [5.74, 6) is 0.571. The van der Waals surface area contributed by atoms with Gasteiger partial charge in [-0.25, -0.2) is 4.98 Å². The lowest BCUT2D eigenvalue weighted by atomic mass is 10.1. The molecule has 0 aliphatic rings. The van der Waals surface area contributed by atoms with Gasteiger partial charge in [0, 0.05) is 27.6 Å². The van der Waals surface area contributed by atoms with Crippen molar-refractivity contribution in [2.45, 2.75) is 32.9 Å². The second-order valence-corrected chi connectivity index (χ2v) is 9.03. The molecule has 0 radical (unpaired) electrons. The molecule has 0 aliphatic carbocycles. The van der Waals surface area contributed by atoms with Gasteiger partial charge in [0.2, 0.25) is 0 Å². The molecule has 6 heteroatoms. The second-order valence-electron chi connectivity index (χ2n) is 7.76. The number of aromatic nitrogens is 1. The Morgan fingerprint density at radius 2 is 1.82 bits per heavy atom. The third-order valence-corrected chi connectivity index (χ3v) is 6.51. The predicted molar refractivity (Wildman–Crippen MR) is 136 cm³/mol. The van der Waals surface area contributed by atoms with Crippen LogP contribution in [0.15, 0.2) is 84.2 Å². The molecule has 0 spiro atoms. The molecule has 4 aromatic rings. The van der Waals surface area contributed by atoms with E-state index in [1.807, 2.05) is 85.1 Å². The fourth-order valence-electron chi connectivity index (χ4n) is 3.39. The standard InChI is InChI=1S/C27H25ClN2O2S/c1-3-19(2)30(27-29-25(18-33-27)21-12-14-23(28)15-13-21)26(31)22-10-7-11-24(16-22)32-17-20-8-5-4-6-9-20/h4-16,18-19H,3,17H2,1-2H3/t19-/m0/s1. The fourth-order valence-corrected chi connectivity index (χ4v) is 4.44. The van der Waals surface area contributed by atoms with Crippen molar-refractivity contribution in [1.29, 1.82) is 0 Å². The van der Waals surface area contributed by atoms with Crippen LogP contribution in [0.2, 0.25) is 5.02 Å². The van der Waals surface area contributed by atoms with E-state index in [2.05, 4.69) is 6.92 Å². The minimum absolute atomic E-state index is 0.00406. The van der Waals surface area contributed by atoms with Crippen LogP contribution >= 0.6 is 22.9 Å². The van der Waals surface area contributed by atoms with Crippen LogP contribution in [0.1, 0.15) is 36.2 Å². The highest BCUT2D eigenvalue weighted by Crippen LogP contribution is 2.31. The second kappa shape index (κ2) is 10.6. The number of nitrogens with zero attached hydrogens (tertiary/aromatic N) is 2. The molecule has 0 unspecified atom stereocenters. The molecule has 0 saturated heterocycles. The molecule has 168 valence electrons. The van der Waals surface area contributed by atoms with Crippen molar-refractivity contribution in [3.63, 3.8) is 0 Å². The monoisotopic (exact) mass is 476 g/mol. The maximum atomic E-state index is 13.6. The number of hydrogen-bond acceptors (Lipinski definition) is 4. The Labute approximate surface area is 203 Å². The van der Waals surface area contributed by atoms with Crippen LogP contribution in [-0.2, 0) is 6.61 Å². The zero-order valence-electron chi connectivity index (χ0n) is 18.6. The van der Waals surface area contributed by atoms with Crippen molar-refractivity contribution in [2.75, 3.05) is 4.90 Å². The van der Waals surface area contributed by atoms with E-state index in [0.29, 0.717) is 28.1 Å². The Balaban J connectivity index is 1.57. The number of rotatable bonds is 8. The number of carbonyl (C=O) groups is 1. The van der Waals surface area contributed by atoms with E-state index in [9.17, 15) is 4.79 Å². The third kappa shape index (κ3) is 5.62. The molecule has 0 bridgehead atoms. The number of anilines is 1. The Bertz CT molecular complexity index is 1210. The van der Waals surface area contributed by atoms with Gasteiger partial charge in [0.15, 0.2) is 5.13 Å². The Hall–Kier alpha value is -3.15. The van der Waals surface area contributed by atoms with E-state index < -0.39 is 0 Å². The molecule has 1 atom stereocenters. The lowest BCUT2D eigenvalue weighted by molar-refractivity contribution is 0.0977. The topological polar surface area (TPSA) is 42.4 Å². The summed E-state index contributed by atoms with van der Waals surface area (Å²) in [6.45, 7) is 4.56. The Morgan fingerprint density at radius 1 is 1.06 bits per heavy atom. The van der Waals surface area contributed by atoms with Gasteiger partial charge >= 0.3 is 0 Å². The minimum Gasteiger partial charge on any atom is -0.489 e. The summed E-state index contributed by atoms with van der Waals surface area (Å²) in [7, 11) is 0. The zero-order valence-corrected chi connectivity index (χ0v) is 20.1. The van der Waals surface area contributed by atoms with Gasteiger partial charge in [-0.05, 0) is 49.2 Å². The van der Waals surface area contributed by atoms with Crippen LogP contribution in [0.5, 0.6) is 5.75 Å². The van der Waals surface area contributed by atoms with Gasteiger partial charge in [-0.2, -0.15) is 0 Å². The van der Waals surface area contributed by atoms with Crippen molar-refractivity contribution >= 4 is 34.0 Å². The summed E-state index contributed by atoms with van der Waals surface area (Å²) in [6, 6.07) is 24.9. The van der Waals surface area contributed by atoms with Gasteiger partial charge < -0.3 is 4.74 Å². The van der Waals surface area contributed by atoms with Crippen molar-refractivity contribution in [1.82, 2.24) is 4.98 Å². The summed E-state index contributed by atoms with van der Waals surface area (Å²) < 4.78 is 5.93. The molecule has 4 rings (SSSR count). The first-order valence-electron chi connectivity index (χ1n) is 10.9. The maximum absolute atomic E-state index is 13.6. The molecular formula is C27H25ClN2O2S. The predicted octanol–water partition coefficient (Wildman–Crippen LogP) is 7.49. The molecule has 1 aromatic heterocycles. The first-order chi connectivity index (χ1) is 16.0. The van der Waals surface area contributed by atoms with Crippen LogP contribution in [0.3, 0.4) is 0 Å². The summed E-state index contributed by atoms with van der Waals surface area (Å²) in [5, 5.41) is 3.33. The zero-order chi connectivity index (χ0) is 23.2. The third-order valence-electron chi connectivity index (χ3n) is 5.42. The van der Waals surface area contributed by atoms with Crippen molar-refractivity contribution in [2.24, 2.45) is 0 Å². The number of ether oxygens (including phenoxy) is 1. The quantitative estimate of drug-likeness (QED) is 0.264.